The van der Waals surface area contributed by atoms with Crippen molar-refractivity contribution in [3.05, 3.63) is 77.1 Å². The SMILES string of the molecule is Nc1ncc(-c2cccc(C(=O)N[C@@H]3c4ccccc4C[C@@H]3O)c2)nc1C(=O)NC[C@H]1CCNC1. The smallest absolute Gasteiger partial charge is 0.273 e. The number of nitrogens with zero attached hydrogens (tertiary/aromatic N) is 2. The molecule has 0 radical (unpaired) electrons. The van der Waals surface area contributed by atoms with Crippen molar-refractivity contribution in [2.24, 2.45) is 5.92 Å². The van der Waals surface area contributed by atoms with Gasteiger partial charge in [-0.2, -0.15) is 0 Å². The lowest BCUT2D eigenvalue weighted by Crippen LogP contribution is -2.33. The fourth-order valence-electron chi connectivity index (χ4n) is 4.71. The maximum atomic E-state index is 13.0. The molecule has 2 aromatic carbocycles. The zero-order valence-corrected chi connectivity index (χ0v) is 19.2. The highest BCUT2D eigenvalue weighted by Crippen LogP contribution is 2.31. The van der Waals surface area contributed by atoms with Crippen LogP contribution >= 0.6 is 0 Å². The third-order valence-corrected chi connectivity index (χ3v) is 6.64. The summed E-state index contributed by atoms with van der Waals surface area (Å²) in [5, 5.41) is 19.6. The van der Waals surface area contributed by atoms with Crippen LogP contribution in [0, 0.1) is 5.92 Å². The van der Waals surface area contributed by atoms with Gasteiger partial charge >= 0.3 is 0 Å². The average Bonchev–Trinajstić information content (AvgIpc) is 3.51. The predicted octanol–water partition coefficient (Wildman–Crippen LogP) is 1.45. The van der Waals surface area contributed by atoms with E-state index in [2.05, 4.69) is 25.9 Å². The fraction of sp³-hybridized carbons (Fsp3) is 0.308. The molecule has 2 heterocycles. The molecule has 1 saturated heterocycles. The first kappa shape index (κ1) is 22.9. The number of nitrogens with one attached hydrogen (secondary N) is 3. The Kier molecular flexibility index (Phi) is 6.43. The van der Waals surface area contributed by atoms with E-state index < -0.39 is 12.1 Å². The van der Waals surface area contributed by atoms with Crippen molar-refractivity contribution in [2.45, 2.75) is 25.0 Å². The van der Waals surface area contributed by atoms with Gasteiger partial charge in [-0.25, -0.2) is 9.97 Å². The number of aliphatic hydroxyl groups excluding tert-OH is 1. The molecule has 0 saturated carbocycles. The Balaban J connectivity index is 1.32. The molecule has 3 aromatic rings. The van der Waals surface area contributed by atoms with Gasteiger partial charge in [0.05, 0.1) is 24.0 Å². The first-order valence-corrected chi connectivity index (χ1v) is 11.8. The Morgan fingerprint density at radius 3 is 2.83 bits per heavy atom. The number of rotatable bonds is 6. The highest BCUT2D eigenvalue weighted by molar-refractivity contribution is 5.97. The fourth-order valence-corrected chi connectivity index (χ4v) is 4.71. The van der Waals surface area contributed by atoms with Gasteiger partial charge in [0.2, 0.25) is 0 Å². The van der Waals surface area contributed by atoms with Gasteiger partial charge in [0, 0.05) is 24.1 Å². The number of nitrogen functional groups attached to an aromatic ring is 1. The molecule has 35 heavy (non-hydrogen) atoms. The van der Waals surface area contributed by atoms with E-state index in [0.717, 1.165) is 30.6 Å². The number of anilines is 1. The summed E-state index contributed by atoms with van der Waals surface area (Å²) >= 11 is 0. The molecule has 0 spiro atoms. The van der Waals surface area contributed by atoms with Crippen LogP contribution in [0.25, 0.3) is 11.3 Å². The van der Waals surface area contributed by atoms with Crippen LogP contribution in [0.2, 0.25) is 0 Å². The summed E-state index contributed by atoms with van der Waals surface area (Å²) in [4.78, 5) is 34.3. The Bertz CT molecular complexity index is 1260. The van der Waals surface area contributed by atoms with Gasteiger partial charge in [0.25, 0.3) is 11.8 Å². The van der Waals surface area contributed by atoms with Crippen LogP contribution in [0.4, 0.5) is 5.82 Å². The molecule has 5 rings (SSSR count). The van der Waals surface area contributed by atoms with Crippen molar-refractivity contribution in [1.82, 2.24) is 25.9 Å². The second-order valence-corrected chi connectivity index (χ2v) is 9.06. The summed E-state index contributed by atoms with van der Waals surface area (Å²) in [6.07, 6.45) is 2.33. The topological polar surface area (TPSA) is 142 Å². The summed E-state index contributed by atoms with van der Waals surface area (Å²) in [6.45, 7) is 2.37. The van der Waals surface area contributed by atoms with E-state index in [-0.39, 0.29) is 23.3 Å². The van der Waals surface area contributed by atoms with Gasteiger partial charge in [0.1, 0.15) is 0 Å². The Hall–Kier alpha value is -3.82. The van der Waals surface area contributed by atoms with Crippen molar-refractivity contribution >= 4 is 17.6 Å². The molecule has 1 aliphatic carbocycles. The number of amides is 2. The van der Waals surface area contributed by atoms with Gasteiger partial charge in [0.15, 0.2) is 11.5 Å². The second-order valence-electron chi connectivity index (χ2n) is 9.06. The molecule has 1 fully saturated rings. The van der Waals surface area contributed by atoms with Crippen molar-refractivity contribution < 1.29 is 14.7 Å². The zero-order valence-electron chi connectivity index (χ0n) is 19.2. The molecule has 1 aromatic heterocycles. The molecule has 2 amide bonds. The van der Waals surface area contributed by atoms with E-state index in [9.17, 15) is 14.7 Å². The molecule has 9 heteroatoms. The van der Waals surface area contributed by atoms with Gasteiger partial charge in [-0.1, -0.05) is 36.4 Å². The van der Waals surface area contributed by atoms with E-state index >= 15 is 0 Å². The summed E-state index contributed by atoms with van der Waals surface area (Å²) in [5.41, 5.74) is 9.45. The van der Waals surface area contributed by atoms with Crippen LogP contribution in [-0.4, -0.2) is 52.6 Å². The average molecular weight is 473 g/mol. The molecular weight excluding hydrogens is 444 g/mol. The molecular formula is C26H28N6O3. The van der Waals surface area contributed by atoms with E-state index in [0.29, 0.717) is 35.7 Å². The predicted molar refractivity (Wildman–Crippen MR) is 132 cm³/mol. The number of aliphatic hydroxyl groups is 1. The standard InChI is InChI=1S/C26H28N6O3/c27-24-23(26(35)30-13-15-8-9-28-12-15)31-20(14-29-24)17-5-3-6-18(10-17)25(34)32-22-19-7-2-1-4-16(19)11-21(22)33/h1-7,10,14-15,21-22,28,33H,8-9,11-13H2,(H2,27,29)(H,30,35)(H,32,34)/t15-,21-,22+/m0/s1. The Labute approximate surface area is 203 Å². The van der Waals surface area contributed by atoms with Crippen LogP contribution in [0.5, 0.6) is 0 Å². The van der Waals surface area contributed by atoms with Gasteiger partial charge in [-0.3, -0.25) is 9.59 Å². The number of carbonyl (C=O) groups excluding carboxylic acids is 2. The maximum Gasteiger partial charge on any atom is 0.273 e. The van der Waals surface area contributed by atoms with Crippen molar-refractivity contribution in [3.63, 3.8) is 0 Å². The minimum Gasteiger partial charge on any atom is -0.390 e. The summed E-state index contributed by atoms with van der Waals surface area (Å²) in [6, 6.07) is 14.2. The highest BCUT2D eigenvalue weighted by atomic mass is 16.3. The minimum absolute atomic E-state index is 0.0542. The summed E-state index contributed by atoms with van der Waals surface area (Å²) in [5.74, 6) is -0.235. The highest BCUT2D eigenvalue weighted by Gasteiger charge is 2.32. The van der Waals surface area contributed by atoms with E-state index in [1.54, 1.807) is 24.3 Å². The maximum absolute atomic E-state index is 13.0. The quantitative estimate of drug-likeness (QED) is 0.365. The molecule has 0 unspecified atom stereocenters. The van der Waals surface area contributed by atoms with Gasteiger partial charge in [-0.05, 0) is 48.7 Å². The first-order valence-electron chi connectivity index (χ1n) is 11.8. The van der Waals surface area contributed by atoms with E-state index in [4.69, 9.17) is 5.73 Å². The molecule has 180 valence electrons. The molecule has 6 N–H and O–H groups in total. The van der Waals surface area contributed by atoms with E-state index in [1.807, 2.05) is 24.3 Å². The molecule has 9 nitrogen and oxygen atoms in total. The van der Waals surface area contributed by atoms with Gasteiger partial charge < -0.3 is 26.8 Å². The largest absolute Gasteiger partial charge is 0.390 e. The second kappa shape index (κ2) is 9.81. The minimum atomic E-state index is -0.677. The number of benzene rings is 2. The summed E-state index contributed by atoms with van der Waals surface area (Å²) in [7, 11) is 0. The third kappa shape index (κ3) is 4.87. The summed E-state index contributed by atoms with van der Waals surface area (Å²) < 4.78 is 0. The molecule has 1 aliphatic heterocycles. The number of carbonyl (C=O) groups is 2. The number of hydrogen-bond donors (Lipinski definition) is 5. The van der Waals surface area contributed by atoms with E-state index in [1.165, 1.54) is 6.20 Å². The number of nitrogens with two attached hydrogens (primary N) is 1. The van der Waals surface area contributed by atoms with Gasteiger partial charge in [-0.15, -0.1) is 0 Å². The molecule has 2 aliphatic rings. The van der Waals surface area contributed by atoms with Crippen LogP contribution in [0.3, 0.4) is 0 Å². The van der Waals surface area contributed by atoms with Crippen LogP contribution in [0.1, 0.15) is 44.4 Å². The lowest BCUT2D eigenvalue weighted by atomic mass is 10.1. The van der Waals surface area contributed by atoms with Crippen LogP contribution in [-0.2, 0) is 6.42 Å². The first-order chi connectivity index (χ1) is 17.0. The zero-order chi connectivity index (χ0) is 24.4. The lowest BCUT2D eigenvalue weighted by molar-refractivity contribution is 0.0858. The van der Waals surface area contributed by atoms with Crippen molar-refractivity contribution in [3.8, 4) is 11.3 Å². The number of aromatic nitrogens is 2. The van der Waals surface area contributed by atoms with Crippen molar-refractivity contribution in [1.29, 1.82) is 0 Å². The Morgan fingerprint density at radius 2 is 2.00 bits per heavy atom. The normalized spacial score (nSPS) is 20.9. The lowest BCUT2D eigenvalue weighted by Gasteiger charge is -2.18. The molecule has 0 bridgehead atoms. The Morgan fingerprint density at radius 1 is 1.14 bits per heavy atom. The van der Waals surface area contributed by atoms with Crippen LogP contribution < -0.4 is 21.7 Å². The monoisotopic (exact) mass is 472 g/mol. The molecule has 3 atom stereocenters. The van der Waals surface area contributed by atoms with Crippen LogP contribution in [0.15, 0.2) is 54.7 Å². The third-order valence-electron chi connectivity index (χ3n) is 6.64. The number of fused-ring (bicyclic) bond motifs is 1. The number of hydrogen-bond acceptors (Lipinski definition) is 7. The van der Waals surface area contributed by atoms with Crippen molar-refractivity contribution in [2.75, 3.05) is 25.4 Å².